The van der Waals surface area contributed by atoms with Gasteiger partial charge in [0, 0.05) is 42.7 Å². The number of anilines is 2. The highest BCUT2D eigenvalue weighted by Crippen LogP contribution is 2.24. The lowest BCUT2D eigenvalue weighted by atomic mass is 10.0. The topological polar surface area (TPSA) is 66.5 Å². The van der Waals surface area contributed by atoms with Crippen LogP contribution < -0.4 is 10.2 Å². The van der Waals surface area contributed by atoms with E-state index < -0.39 is 0 Å². The van der Waals surface area contributed by atoms with Crippen LogP contribution in [0.1, 0.15) is 36.0 Å². The van der Waals surface area contributed by atoms with E-state index in [1.807, 2.05) is 48.5 Å². The Kier molecular flexibility index (Phi) is 5.38. The number of hydrogen-bond acceptors (Lipinski definition) is 3. The zero-order valence-electron chi connectivity index (χ0n) is 16.1. The van der Waals surface area contributed by atoms with Gasteiger partial charge in [-0.25, -0.2) is 0 Å². The monoisotopic (exact) mass is 386 g/mol. The van der Waals surface area contributed by atoms with Gasteiger partial charge in [0.1, 0.15) is 0 Å². The lowest BCUT2D eigenvalue weighted by molar-refractivity contribution is -0.117. The fourth-order valence-electron chi connectivity index (χ4n) is 3.63. The number of carbonyl (C=O) groups is 3. The number of nitrogens with zero attached hydrogens (tertiary/aromatic N) is 1. The minimum Gasteiger partial charge on any atom is -0.326 e. The molecule has 2 amide bonds. The third-order valence-corrected chi connectivity index (χ3v) is 5.17. The van der Waals surface area contributed by atoms with Crippen molar-refractivity contribution in [3.05, 3.63) is 72.3 Å². The largest absolute Gasteiger partial charge is 0.326 e. The second-order valence-electron chi connectivity index (χ2n) is 7.23. The average Bonchev–Trinajstić information content (AvgIpc) is 3.17. The predicted molar refractivity (Wildman–Crippen MR) is 114 cm³/mol. The van der Waals surface area contributed by atoms with Crippen molar-refractivity contribution < 1.29 is 14.4 Å². The highest BCUT2D eigenvalue weighted by atomic mass is 16.2. The Morgan fingerprint density at radius 2 is 1.72 bits per heavy atom. The number of fused-ring (bicyclic) bond motifs is 1. The van der Waals surface area contributed by atoms with Crippen LogP contribution in [0.3, 0.4) is 0 Å². The molecule has 0 aliphatic carbocycles. The van der Waals surface area contributed by atoms with Gasteiger partial charge in [-0.1, -0.05) is 42.5 Å². The van der Waals surface area contributed by atoms with Crippen molar-refractivity contribution in [2.45, 2.75) is 25.7 Å². The SMILES string of the molecule is O=C(CCC(=O)c1ccc2ccccc2c1)Nc1cccc(N2CCCC2=O)c1. The Morgan fingerprint density at radius 3 is 2.52 bits per heavy atom. The molecule has 0 saturated carbocycles. The van der Waals surface area contributed by atoms with Crippen LogP contribution in [-0.2, 0) is 9.59 Å². The number of hydrogen-bond donors (Lipinski definition) is 1. The normalized spacial score (nSPS) is 13.7. The second kappa shape index (κ2) is 8.27. The number of benzene rings is 3. The Labute approximate surface area is 169 Å². The third-order valence-electron chi connectivity index (χ3n) is 5.17. The van der Waals surface area contributed by atoms with Gasteiger partial charge in [0.15, 0.2) is 5.78 Å². The molecule has 1 N–H and O–H groups in total. The van der Waals surface area contributed by atoms with E-state index >= 15 is 0 Å². The van der Waals surface area contributed by atoms with Gasteiger partial charge in [0.25, 0.3) is 0 Å². The van der Waals surface area contributed by atoms with Crippen molar-refractivity contribution in [3.8, 4) is 0 Å². The number of nitrogens with one attached hydrogen (secondary N) is 1. The molecule has 3 aromatic carbocycles. The molecule has 146 valence electrons. The van der Waals surface area contributed by atoms with Crippen LogP contribution in [-0.4, -0.2) is 24.1 Å². The standard InChI is InChI=1S/C24H22N2O3/c27-22(19-11-10-17-5-1-2-6-18(17)15-19)12-13-23(28)25-20-7-3-8-21(16-20)26-14-4-9-24(26)29/h1-3,5-8,10-11,15-16H,4,9,12-14H2,(H,25,28). The quantitative estimate of drug-likeness (QED) is 0.631. The molecule has 0 spiro atoms. The fourth-order valence-corrected chi connectivity index (χ4v) is 3.63. The molecule has 5 heteroatoms. The van der Waals surface area contributed by atoms with Gasteiger partial charge < -0.3 is 10.2 Å². The zero-order chi connectivity index (χ0) is 20.2. The zero-order valence-corrected chi connectivity index (χ0v) is 16.1. The molecular weight excluding hydrogens is 364 g/mol. The molecule has 0 unspecified atom stereocenters. The van der Waals surface area contributed by atoms with E-state index in [1.165, 1.54) is 0 Å². The van der Waals surface area contributed by atoms with Crippen molar-refractivity contribution in [1.82, 2.24) is 0 Å². The highest BCUT2D eigenvalue weighted by molar-refractivity contribution is 6.02. The first kappa shape index (κ1) is 18.9. The van der Waals surface area contributed by atoms with E-state index in [2.05, 4.69) is 5.32 Å². The Balaban J connectivity index is 1.36. The lowest BCUT2D eigenvalue weighted by Gasteiger charge is -2.16. The summed E-state index contributed by atoms with van der Waals surface area (Å²) in [6.07, 6.45) is 1.67. The van der Waals surface area contributed by atoms with Gasteiger partial charge in [-0.2, -0.15) is 0 Å². The van der Waals surface area contributed by atoms with E-state index in [1.54, 1.807) is 23.1 Å². The Bertz CT molecular complexity index is 1090. The molecule has 3 aromatic rings. The van der Waals surface area contributed by atoms with Crippen LogP contribution in [0.15, 0.2) is 66.7 Å². The molecule has 1 fully saturated rings. The highest BCUT2D eigenvalue weighted by Gasteiger charge is 2.21. The van der Waals surface area contributed by atoms with Gasteiger partial charge in [0.05, 0.1) is 0 Å². The minimum atomic E-state index is -0.218. The van der Waals surface area contributed by atoms with Crippen LogP contribution in [0.25, 0.3) is 10.8 Å². The first-order valence-electron chi connectivity index (χ1n) is 9.82. The maximum Gasteiger partial charge on any atom is 0.227 e. The van der Waals surface area contributed by atoms with Gasteiger partial charge in [0.2, 0.25) is 11.8 Å². The molecule has 0 bridgehead atoms. The summed E-state index contributed by atoms with van der Waals surface area (Å²) in [6.45, 7) is 0.705. The molecule has 1 saturated heterocycles. The van der Waals surface area contributed by atoms with Crippen LogP contribution in [0.4, 0.5) is 11.4 Å². The van der Waals surface area contributed by atoms with Gasteiger partial charge >= 0.3 is 0 Å². The second-order valence-corrected chi connectivity index (χ2v) is 7.23. The first-order valence-corrected chi connectivity index (χ1v) is 9.82. The predicted octanol–water partition coefficient (Wildman–Crippen LogP) is 4.57. The maximum atomic E-state index is 12.5. The van der Waals surface area contributed by atoms with Crippen LogP contribution in [0, 0.1) is 0 Å². The third kappa shape index (κ3) is 4.35. The minimum absolute atomic E-state index is 0.0534. The number of ketones is 1. The van der Waals surface area contributed by atoms with E-state index in [0.717, 1.165) is 22.9 Å². The molecule has 1 heterocycles. The van der Waals surface area contributed by atoms with E-state index in [9.17, 15) is 14.4 Å². The van der Waals surface area contributed by atoms with Crippen molar-refractivity contribution in [3.63, 3.8) is 0 Å². The molecule has 0 aromatic heterocycles. The summed E-state index contributed by atoms with van der Waals surface area (Å²) in [5, 5.41) is 4.92. The molecule has 0 atom stereocenters. The summed E-state index contributed by atoms with van der Waals surface area (Å²) in [4.78, 5) is 38.4. The number of amides is 2. The lowest BCUT2D eigenvalue weighted by Crippen LogP contribution is -2.23. The van der Waals surface area contributed by atoms with Crippen LogP contribution in [0.5, 0.6) is 0 Å². The molecule has 0 radical (unpaired) electrons. The molecule has 4 rings (SSSR count). The van der Waals surface area contributed by atoms with Crippen molar-refractivity contribution in [2.24, 2.45) is 0 Å². The summed E-state index contributed by atoms with van der Waals surface area (Å²) < 4.78 is 0. The average molecular weight is 386 g/mol. The number of Topliss-reactive ketones (excluding diaryl/α,β-unsaturated/α-hetero) is 1. The molecular formula is C24H22N2O3. The van der Waals surface area contributed by atoms with Crippen LogP contribution in [0.2, 0.25) is 0 Å². The van der Waals surface area contributed by atoms with Crippen molar-refractivity contribution in [1.29, 1.82) is 0 Å². The first-order chi connectivity index (χ1) is 14.1. The smallest absolute Gasteiger partial charge is 0.227 e. The van der Waals surface area contributed by atoms with E-state index in [-0.39, 0.29) is 30.4 Å². The summed E-state index contributed by atoms with van der Waals surface area (Å²) in [5.74, 6) is -0.166. The van der Waals surface area contributed by atoms with Gasteiger partial charge in [-0.3, -0.25) is 14.4 Å². The van der Waals surface area contributed by atoms with Crippen molar-refractivity contribution in [2.75, 3.05) is 16.8 Å². The summed E-state index contributed by atoms with van der Waals surface area (Å²) in [5.41, 5.74) is 2.04. The summed E-state index contributed by atoms with van der Waals surface area (Å²) in [7, 11) is 0. The molecule has 29 heavy (non-hydrogen) atoms. The van der Waals surface area contributed by atoms with Gasteiger partial charge in [-0.05, 0) is 41.5 Å². The Morgan fingerprint density at radius 1 is 0.897 bits per heavy atom. The van der Waals surface area contributed by atoms with Crippen molar-refractivity contribution >= 4 is 39.7 Å². The molecule has 5 nitrogen and oxygen atoms in total. The summed E-state index contributed by atoms with van der Waals surface area (Å²) in [6, 6.07) is 20.7. The number of rotatable bonds is 6. The molecule has 1 aliphatic rings. The number of carbonyl (C=O) groups excluding carboxylic acids is 3. The Hall–Kier alpha value is -3.47. The fraction of sp³-hybridized carbons (Fsp3) is 0.208. The van der Waals surface area contributed by atoms with E-state index in [4.69, 9.17) is 0 Å². The summed E-state index contributed by atoms with van der Waals surface area (Å²) >= 11 is 0. The van der Waals surface area contributed by atoms with Gasteiger partial charge in [-0.15, -0.1) is 0 Å². The molecule has 1 aliphatic heterocycles. The van der Waals surface area contributed by atoms with Crippen LogP contribution >= 0.6 is 0 Å². The maximum absolute atomic E-state index is 12.5. The van der Waals surface area contributed by atoms with E-state index in [0.29, 0.717) is 24.2 Å².